The Morgan fingerprint density at radius 1 is 1.19 bits per heavy atom. The maximum atomic E-state index is 12.2. The topological polar surface area (TPSA) is 95.4 Å². The Kier molecular flexibility index (Phi) is 6.31. The Hall–Kier alpha value is -2.42. The van der Waals surface area contributed by atoms with Crippen LogP contribution in [-0.4, -0.2) is 52.7 Å². The van der Waals surface area contributed by atoms with E-state index in [0.29, 0.717) is 54.4 Å². The van der Waals surface area contributed by atoms with Crippen molar-refractivity contribution in [2.24, 2.45) is 0 Å². The van der Waals surface area contributed by atoms with Crippen LogP contribution in [-0.2, 0) is 10.0 Å². The van der Waals surface area contributed by atoms with Gasteiger partial charge in [0.1, 0.15) is 5.75 Å². The number of halogens is 1. The van der Waals surface area contributed by atoms with Gasteiger partial charge in [-0.25, -0.2) is 22.7 Å². The number of aromatic hydroxyl groups is 1. The fraction of sp³-hybridized carbons (Fsp3) is 0.364. The van der Waals surface area contributed by atoms with Gasteiger partial charge in [-0.3, -0.25) is 0 Å². The number of hydrogen-bond donors (Lipinski definition) is 2. The van der Waals surface area contributed by atoms with Crippen molar-refractivity contribution in [2.45, 2.75) is 32.2 Å². The van der Waals surface area contributed by atoms with E-state index in [-0.39, 0.29) is 17.5 Å². The molecule has 2 aromatic carbocycles. The maximum Gasteiger partial charge on any atom is 0.223 e. The second-order valence-corrected chi connectivity index (χ2v) is 10.2. The number of phenolic OH excluding ortho intramolecular Hbond substituents is 1. The monoisotopic (exact) mass is 460 g/mol. The Morgan fingerprint density at radius 3 is 2.65 bits per heavy atom. The zero-order chi connectivity index (χ0) is 22.0. The predicted octanol–water partition coefficient (Wildman–Crippen LogP) is 4.27. The predicted molar refractivity (Wildman–Crippen MR) is 124 cm³/mol. The highest BCUT2D eigenvalue weighted by Gasteiger charge is 2.27. The van der Waals surface area contributed by atoms with E-state index in [1.165, 1.54) is 0 Å². The molecule has 1 saturated heterocycles. The van der Waals surface area contributed by atoms with Crippen LogP contribution < -0.4 is 5.32 Å². The molecule has 9 heteroatoms. The summed E-state index contributed by atoms with van der Waals surface area (Å²) in [6.45, 7) is 2.86. The molecule has 1 aliphatic heterocycles. The van der Waals surface area contributed by atoms with Gasteiger partial charge >= 0.3 is 0 Å². The van der Waals surface area contributed by atoms with E-state index in [9.17, 15) is 13.5 Å². The van der Waals surface area contributed by atoms with Crippen molar-refractivity contribution >= 4 is 38.5 Å². The molecule has 7 nitrogen and oxygen atoms in total. The number of fused-ring (bicyclic) bond motifs is 1. The van der Waals surface area contributed by atoms with Crippen LogP contribution in [0.15, 0.2) is 42.6 Å². The molecule has 1 aromatic heterocycles. The number of nitrogens with zero attached hydrogens (tertiary/aromatic N) is 3. The van der Waals surface area contributed by atoms with Gasteiger partial charge in [0.05, 0.1) is 11.3 Å². The fourth-order valence-electron chi connectivity index (χ4n) is 3.88. The lowest BCUT2D eigenvalue weighted by atomic mass is 10.0. The number of nitrogens with one attached hydrogen (secondary N) is 1. The average Bonchev–Trinajstić information content (AvgIpc) is 2.74. The molecule has 0 bridgehead atoms. The normalized spacial score (nSPS) is 15.9. The van der Waals surface area contributed by atoms with Gasteiger partial charge in [0, 0.05) is 52.9 Å². The molecule has 4 rings (SSSR count). The van der Waals surface area contributed by atoms with E-state index >= 15 is 0 Å². The van der Waals surface area contributed by atoms with Gasteiger partial charge in [0.15, 0.2) is 0 Å². The summed E-state index contributed by atoms with van der Waals surface area (Å²) in [5.74, 6) is 0.755. The largest absolute Gasteiger partial charge is 0.507 e. The summed E-state index contributed by atoms with van der Waals surface area (Å²) < 4.78 is 26.0. The summed E-state index contributed by atoms with van der Waals surface area (Å²) in [6.07, 6.45) is 3.73. The number of piperidine rings is 1. The highest BCUT2D eigenvalue weighted by molar-refractivity contribution is 7.89. The minimum Gasteiger partial charge on any atom is -0.507 e. The molecule has 2 heterocycles. The first kappa shape index (κ1) is 21.8. The molecular weight excluding hydrogens is 436 g/mol. The van der Waals surface area contributed by atoms with Crippen molar-refractivity contribution in [3.63, 3.8) is 0 Å². The molecule has 31 heavy (non-hydrogen) atoms. The number of anilines is 1. The van der Waals surface area contributed by atoms with E-state index in [0.717, 1.165) is 10.9 Å². The molecule has 1 aliphatic rings. The lowest BCUT2D eigenvalue weighted by Gasteiger charge is -2.31. The Balaban J connectivity index is 1.49. The number of hydrogen-bond acceptors (Lipinski definition) is 6. The number of phenols is 1. The van der Waals surface area contributed by atoms with Crippen LogP contribution in [0.2, 0.25) is 5.02 Å². The highest BCUT2D eigenvalue weighted by atomic mass is 35.5. The summed E-state index contributed by atoms with van der Waals surface area (Å²) in [7, 11) is -3.16. The maximum absolute atomic E-state index is 12.2. The molecule has 0 saturated carbocycles. The summed E-state index contributed by atoms with van der Waals surface area (Å²) in [5, 5.41) is 15.2. The number of benzene rings is 2. The molecule has 1 fully saturated rings. The first-order valence-electron chi connectivity index (χ1n) is 10.4. The third-order valence-electron chi connectivity index (χ3n) is 5.50. The Labute approximate surface area is 187 Å². The highest BCUT2D eigenvalue weighted by Crippen LogP contribution is 2.36. The van der Waals surface area contributed by atoms with Crippen LogP contribution in [0.25, 0.3) is 22.0 Å². The molecule has 0 amide bonds. The lowest BCUT2D eigenvalue weighted by Crippen LogP contribution is -2.43. The standard InChI is InChI=1S/C22H25ClN4O3S/c1-2-11-31(29,30)27-9-7-16(8-10-27)25-22-24-14-15-12-18(21(28)13-20(15)26-22)17-5-3-4-6-19(17)23/h3-6,12-14,16,28H,2,7-11H2,1H3,(H,24,25,26). The van der Waals surface area contributed by atoms with E-state index in [1.807, 2.05) is 31.2 Å². The van der Waals surface area contributed by atoms with Crippen molar-refractivity contribution < 1.29 is 13.5 Å². The summed E-state index contributed by atoms with van der Waals surface area (Å²) in [4.78, 5) is 8.95. The zero-order valence-electron chi connectivity index (χ0n) is 17.3. The van der Waals surface area contributed by atoms with E-state index in [1.54, 1.807) is 22.6 Å². The average molecular weight is 461 g/mol. The van der Waals surface area contributed by atoms with Crippen molar-refractivity contribution in [3.05, 3.63) is 47.6 Å². The van der Waals surface area contributed by atoms with Gasteiger partial charge < -0.3 is 10.4 Å². The van der Waals surface area contributed by atoms with Gasteiger partial charge in [0.2, 0.25) is 16.0 Å². The summed E-state index contributed by atoms with van der Waals surface area (Å²) in [5.41, 5.74) is 1.99. The fourth-order valence-corrected chi connectivity index (χ4v) is 5.66. The van der Waals surface area contributed by atoms with E-state index in [4.69, 9.17) is 11.6 Å². The van der Waals surface area contributed by atoms with Gasteiger partial charge in [-0.2, -0.15) is 0 Å². The second kappa shape index (κ2) is 8.98. The van der Waals surface area contributed by atoms with E-state index < -0.39 is 10.0 Å². The van der Waals surface area contributed by atoms with Crippen LogP contribution in [0.1, 0.15) is 26.2 Å². The molecule has 0 aliphatic carbocycles. The van der Waals surface area contributed by atoms with Gasteiger partial charge in [-0.1, -0.05) is 36.7 Å². The van der Waals surface area contributed by atoms with Gasteiger partial charge in [-0.15, -0.1) is 0 Å². The summed E-state index contributed by atoms with van der Waals surface area (Å²) in [6, 6.07) is 10.9. The molecular formula is C22H25ClN4O3S. The molecule has 3 aromatic rings. The van der Waals surface area contributed by atoms with Crippen molar-refractivity contribution in [2.75, 3.05) is 24.2 Å². The third-order valence-corrected chi connectivity index (χ3v) is 7.91. The molecule has 0 spiro atoms. The first-order valence-corrected chi connectivity index (χ1v) is 12.3. The SMILES string of the molecule is CCCS(=O)(=O)N1CCC(Nc2ncc3cc(-c4ccccc4Cl)c(O)cc3n2)CC1. The van der Waals surface area contributed by atoms with E-state index in [2.05, 4.69) is 15.3 Å². The second-order valence-electron chi connectivity index (χ2n) is 7.74. The molecule has 164 valence electrons. The molecule has 0 atom stereocenters. The molecule has 0 radical (unpaired) electrons. The molecule has 2 N–H and O–H groups in total. The van der Waals surface area contributed by atoms with Crippen LogP contribution in [0, 0.1) is 0 Å². The first-order chi connectivity index (χ1) is 14.9. The van der Waals surface area contributed by atoms with Crippen molar-refractivity contribution in [1.82, 2.24) is 14.3 Å². The number of aromatic nitrogens is 2. The van der Waals surface area contributed by atoms with Crippen LogP contribution >= 0.6 is 11.6 Å². The minimum absolute atomic E-state index is 0.0969. The van der Waals surface area contributed by atoms with Crippen LogP contribution in [0.5, 0.6) is 5.75 Å². The minimum atomic E-state index is -3.16. The Bertz CT molecular complexity index is 1190. The van der Waals surface area contributed by atoms with Crippen molar-refractivity contribution in [1.29, 1.82) is 0 Å². The number of rotatable bonds is 6. The lowest BCUT2D eigenvalue weighted by molar-refractivity contribution is 0.329. The van der Waals surface area contributed by atoms with Crippen LogP contribution in [0.4, 0.5) is 5.95 Å². The number of sulfonamides is 1. The van der Waals surface area contributed by atoms with Crippen LogP contribution in [0.3, 0.4) is 0 Å². The Morgan fingerprint density at radius 2 is 1.94 bits per heavy atom. The van der Waals surface area contributed by atoms with Gasteiger partial charge in [0.25, 0.3) is 0 Å². The quantitative estimate of drug-likeness (QED) is 0.570. The van der Waals surface area contributed by atoms with Gasteiger partial charge in [-0.05, 0) is 31.4 Å². The smallest absolute Gasteiger partial charge is 0.223 e. The molecule has 0 unspecified atom stereocenters. The van der Waals surface area contributed by atoms with Crippen molar-refractivity contribution in [3.8, 4) is 16.9 Å². The zero-order valence-corrected chi connectivity index (χ0v) is 18.8. The third kappa shape index (κ3) is 4.76. The summed E-state index contributed by atoms with van der Waals surface area (Å²) >= 11 is 6.28.